The van der Waals surface area contributed by atoms with Crippen LogP contribution in [-0.2, 0) is 23.1 Å². The second kappa shape index (κ2) is 10.9. The number of guanidine groups is 1. The van der Waals surface area contributed by atoms with Crippen molar-refractivity contribution in [1.29, 1.82) is 0 Å². The van der Waals surface area contributed by atoms with E-state index in [1.165, 1.54) is 25.2 Å². The summed E-state index contributed by atoms with van der Waals surface area (Å²) in [6.07, 6.45) is 0. The quantitative estimate of drug-likeness (QED) is 0.463. The topological polar surface area (TPSA) is 83.0 Å². The Hall–Kier alpha value is -2.72. The van der Waals surface area contributed by atoms with Crippen LogP contribution in [0.1, 0.15) is 18.1 Å². The number of hydrogen-bond acceptors (Lipinski definition) is 4. The molecule has 2 rings (SSSR count). The molecular weight excluding hydrogens is 414 g/mol. The van der Waals surface area contributed by atoms with Gasteiger partial charge in [0.05, 0.1) is 11.4 Å². The van der Waals surface area contributed by atoms with E-state index in [0.717, 1.165) is 11.1 Å². The third-order valence-electron chi connectivity index (χ3n) is 4.15. The van der Waals surface area contributed by atoms with Crippen LogP contribution in [0.3, 0.4) is 0 Å². The van der Waals surface area contributed by atoms with Crippen LogP contribution in [0.25, 0.3) is 0 Å². The average molecular weight is 441 g/mol. The standard InChI is InChI=1S/C20H26F2N4O3S/c1-4-24-20(25-13-16-6-5-7-18(12-16)30(27,28)23-2)26(3)14-15-8-10-17(11-9-15)29-19(21)22/h5-12,19,23H,4,13-14H2,1-3H3,(H,24,25). The largest absolute Gasteiger partial charge is 0.435 e. The number of sulfonamides is 1. The number of hydrogen-bond donors (Lipinski definition) is 2. The van der Waals surface area contributed by atoms with E-state index in [1.54, 1.807) is 24.3 Å². The molecule has 164 valence electrons. The number of rotatable bonds is 9. The molecule has 0 saturated heterocycles. The number of alkyl halides is 2. The third-order valence-corrected chi connectivity index (χ3v) is 5.57. The van der Waals surface area contributed by atoms with E-state index in [0.29, 0.717) is 25.6 Å². The normalized spacial score (nSPS) is 12.1. The first-order chi connectivity index (χ1) is 14.2. The fourth-order valence-electron chi connectivity index (χ4n) is 2.69. The van der Waals surface area contributed by atoms with Gasteiger partial charge in [-0.15, -0.1) is 0 Å². The number of benzene rings is 2. The number of nitrogens with one attached hydrogen (secondary N) is 2. The van der Waals surface area contributed by atoms with Crippen molar-refractivity contribution >= 4 is 16.0 Å². The van der Waals surface area contributed by atoms with Gasteiger partial charge < -0.3 is 15.0 Å². The van der Waals surface area contributed by atoms with Crippen molar-refractivity contribution in [2.75, 3.05) is 20.6 Å². The highest BCUT2D eigenvalue weighted by Gasteiger charge is 2.12. The number of halogens is 2. The molecule has 0 unspecified atom stereocenters. The van der Waals surface area contributed by atoms with E-state index < -0.39 is 16.6 Å². The lowest BCUT2D eigenvalue weighted by atomic mass is 10.2. The molecule has 30 heavy (non-hydrogen) atoms. The summed E-state index contributed by atoms with van der Waals surface area (Å²) in [6, 6.07) is 13.0. The van der Waals surface area contributed by atoms with Crippen LogP contribution in [0.4, 0.5) is 8.78 Å². The second-order valence-corrected chi connectivity index (χ2v) is 8.29. The second-order valence-electron chi connectivity index (χ2n) is 6.40. The van der Waals surface area contributed by atoms with Crippen molar-refractivity contribution in [3.8, 4) is 5.75 Å². The molecule has 0 fully saturated rings. The minimum atomic E-state index is -3.52. The molecule has 0 heterocycles. The Bertz CT molecular complexity index is 951. The summed E-state index contributed by atoms with van der Waals surface area (Å²) in [5, 5.41) is 3.19. The Kier molecular flexibility index (Phi) is 8.55. The molecule has 2 aromatic rings. The lowest BCUT2D eigenvalue weighted by Crippen LogP contribution is -2.38. The molecule has 7 nitrogen and oxygen atoms in total. The van der Waals surface area contributed by atoms with Crippen LogP contribution in [-0.4, -0.2) is 46.5 Å². The zero-order chi connectivity index (χ0) is 22.1. The smallest absolute Gasteiger partial charge is 0.387 e. The minimum Gasteiger partial charge on any atom is -0.435 e. The lowest BCUT2D eigenvalue weighted by molar-refractivity contribution is -0.0498. The summed E-state index contributed by atoms with van der Waals surface area (Å²) in [4.78, 5) is 6.65. The minimum absolute atomic E-state index is 0.105. The summed E-state index contributed by atoms with van der Waals surface area (Å²) >= 11 is 0. The van der Waals surface area contributed by atoms with Crippen molar-refractivity contribution in [3.05, 3.63) is 59.7 Å². The van der Waals surface area contributed by atoms with Crippen LogP contribution >= 0.6 is 0 Å². The SMILES string of the molecule is CCNC(=NCc1cccc(S(=O)(=O)NC)c1)N(C)Cc1ccc(OC(F)F)cc1. The van der Waals surface area contributed by atoms with Gasteiger partial charge in [0.25, 0.3) is 0 Å². The van der Waals surface area contributed by atoms with Crippen LogP contribution in [0.2, 0.25) is 0 Å². The Morgan fingerprint density at radius 3 is 2.47 bits per heavy atom. The first-order valence-electron chi connectivity index (χ1n) is 9.31. The van der Waals surface area contributed by atoms with Gasteiger partial charge in [0.15, 0.2) is 5.96 Å². The fraction of sp³-hybridized carbons (Fsp3) is 0.350. The van der Waals surface area contributed by atoms with Gasteiger partial charge in [-0.05, 0) is 49.4 Å². The number of nitrogens with zero attached hydrogens (tertiary/aromatic N) is 2. The molecule has 0 atom stereocenters. The number of aliphatic imine (C=N–C) groups is 1. The summed E-state index contributed by atoms with van der Waals surface area (Å²) in [5.74, 6) is 0.737. The molecule has 0 aliphatic carbocycles. The highest BCUT2D eigenvalue weighted by molar-refractivity contribution is 7.89. The van der Waals surface area contributed by atoms with Crippen molar-refractivity contribution in [2.45, 2.75) is 31.5 Å². The van der Waals surface area contributed by atoms with Crippen molar-refractivity contribution < 1.29 is 21.9 Å². The molecule has 2 aromatic carbocycles. The molecule has 0 aromatic heterocycles. The van der Waals surface area contributed by atoms with Crippen molar-refractivity contribution in [3.63, 3.8) is 0 Å². The Labute approximate surface area is 175 Å². The Balaban J connectivity index is 2.10. The van der Waals surface area contributed by atoms with Gasteiger partial charge in [-0.2, -0.15) is 8.78 Å². The van der Waals surface area contributed by atoms with Gasteiger partial charge in [0, 0.05) is 20.1 Å². The van der Waals surface area contributed by atoms with E-state index in [2.05, 4.69) is 19.8 Å². The first kappa shape index (κ1) is 23.6. The molecule has 0 spiro atoms. The van der Waals surface area contributed by atoms with Crippen LogP contribution < -0.4 is 14.8 Å². The molecule has 0 amide bonds. The molecule has 0 saturated carbocycles. The zero-order valence-corrected chi connectivity index (χ0v) is 17.9. The van der Waals surface area contributed by atoms with Crippen LogP contribution in [0, 0.1) is 0 Å². The Morgan fingerprint density at radius 2 is 1.87 bits per heavy atom. The predicted octanol–water partition coefficient (Wildman–Crippen LogP) is 2.79. The highest BCUT2D eigenvalue weighted by atomic mass is 32.2. The van der Waals surface area contributed by atoms with Gasteiger partial charge in [-0.25, -0.2) is 18.1 Å². The lowest BCUT2D eigenvalue weighted by Gasteiger charge is -2.22. The molecule has 10 heteroatoms. The third kappa shape index (κ3) is 6.96. The van der Waals surface area contributed by atoms with Gasteiger partial charge in [0.1, 0.15) is 5.75 Å². The van der Waals surface area contributed by atoms with Gasteiger partial charge in [0.2, 0.25) is 10.0 Å². The van der Waals surface area contributed by atoms with Crippen molar-refractivity contribution in [1.82, 2.24) is 14.9 Å². The van der Waals surface area contributed by atoms with E-state index in [4.69, 9.17) is 0 Å². The van der Waals surface area contributed by atoms with E-state index in [1.807, 2.05) is 24.9 Å². The van der Waals surface area contributed by atoms with E-state index in [-0.39, 0.29) is 10.6 Å². The fourth-order valence-corrected chi connectivity index (χ4v) is 3.49. The van der Waals surface area contributed by atoms with Crippen LogP contribution in [0.15, 0.2) is 58.4 Å². The van der Waals surface area contributed by atoms with Crippen LogP contribution in [0.5, 0.6) is 5.75 Å². The summed E-state index contributed by atoms with van der Waals surface area (Å²) in [5.41, 5.74) is 1.65. The molecule has 0 bridgehead atoms. The van der Waals surface area contributed by atoms with Gasteiger partial charge in [-0.1, -0.05) is 24.3 Å². The maximum atomic E-state index is 12.3. The average Bonchev–Trinajstić information content (AvgIpc) is 2.72. The molecule has 0 aliphatic heterocycles. The van der Waals surface area contributed by atoms with E-state index in [9.17, 15) is 17.2 Å². The maximum absolute atomic E-state index is 12.3. The number of ether oxygens (including phenoxy) is 1. The molecular formula is C20H26F2N4O3S. The summed E-state index contributed by atoms with van der Waals surface area (Å²) < 4.78 is 55.1. The molecule has 0 aliphatic rings. The van der Waals surface area contributed by atoms with Gasteiger partial charge in [-0.3, -0.25) is 0 Å². The predicted molar refractivity (Wildman–Crippen MR) is 112 cm³/mol. The Morgan fingerprint density at radius 1 is 1.17 bits per heavy atom. The monoisotopic (exact) mass is 440 g/mol. The zero-order valence-electron chi connectivity index (χ0n) is 17.1. The van der Waals surface area contributed by atoms with E-state index >= 15 is 0 Å². The highest BCUT2D eigenvalue weighted by Crippen LogP contribution is 2.16. The molecule has 2 N–H and O–H groups in total. The first-order valence-corrected chi connectivity index (χ1v) is 10.8. The maximum Gasteiger partial charge on any atom is 0.387 e. The van der Waals surface area contributed by atoms with Gasteiger partial charge >= 0.3 is 6.61 Å². The van der Waals surface area contributed by atoms with Crippen molar-refractivity contribution in [2.24, 2.45) is 4.99 Å². The summed E-state index contributed by atoms with van der Waals surface area (Å²) in [6.45, 7) is 0.529. The molecule has 0 radical (unpaired) electrons. The summed E-state index contributed by atoms with van der Waals surface area (Å²) in [7, 11) is -0.300.